The molecule has 1 heterocycles. The zero-order valence-corrected chi connectivity index (χ0v) is 7.16. The molecule has 1 nitrogen and oxygen atoms in total. The fourth-order valence-electron chi connectivity index (χ4n) is 1.29. The molecule has 3 heteroatoms. The molecule has 0 radical (unpaired) electrons. The maximum Gasteiger partial charge on any atom is 0.173 e. The van der Waals surface area contributed by atoms with Crippen LogP contribution < -0.4 is 0 Å². The molecular weight excluding hydrogens is 175 g/mol. The van der Waals surface area contributed by atoms with Crippen LogP contribution in [0.3, 0.4) is 0 Å². The number of benzene rings is 1. The van der Waals surface area contributed by atoms with Gasteiger partial charge in [-0.15, -0.1) is 11.8 Å². The van der Waals surface area contributed by atoms with Crippen molar-refractivity contribution in [2.24, 2.45) is 0 Å². The third-order valence-corrected chi connectivity index (χ3v) is 2.86. The van der Waals surface area contributed by atoms with Crippen molar-refractivity contribution < 1.29 is 9.18 Å². The third kappa shape index (κ3) is 1.14. The van der Waals surface area contributed by atoms with E-state index in [2.05, 4.69) is 0 Å². The van der Waals surface area contributed by atoms with Gasteiger partial charge in [0.05, 0.1) is 5.75 Å². The van der Waals surface area contributed by atoms with E-state index in [4.69, 9.17) is 0 Å². The quantitative estimate of drug-likeness (QED) is 0.612. The smallest absolute Gasteiger partial charge is 0.173 e. The molecular formula is C9H7FOS. The van der Waals surface area contributed by atoms with Gasteiger partial charge in [-0.25, -0.2) is 4.39 Å². The molecule has 1 aliphatic rings. The molecule has 0 aliphatic carbocycles. The topological polar surface area (TPSA) is 17.1 Å². The van der Waals surface area contributed by atoms with E-state index in [1.807, 2.05) is 0 Å². The summed E-state index contributed by atoms with van der Waals surface area (Å²) in [5, 5.41) is 0. The average Bonchev–Trinajstić information content (AvgIpc) is 2.07. The van der Waals surface area contributed by atoms with Crippen LogP contribution in [0.5, 0.6) is 0 Å². The van der Waals surface area contributed by atoms with Crippen LogP contribution in [0.2, 0.25) is 0 Å². The number of fused-ring (bicyclic) bond motifs is 1. The minimum Gasteiger partial charge on any atom is -0.293 e. The van der Waals surface area contributed by atoms with Crippen LogP contribution in [0.4, 0.5) is 4.39 Å². The summed E-state index contributed by atoms with van der Waals surface area (Å²) in [4.78, 5) is 11.3. The second-order valence-electron chi connectivity index (χ2n) is 2.68. The fraction of sp³-hybridized carbons (Fsp3) is 0.222. The highest BCUT2D eigenvalue weighted by atomic mass is 32.2. The Hall–Kier alpha value is -0.830. The summed E-state index contributed by atoms with van der Waals surface area (Å²) in [5.74, 6) is 0.887. The molecule has 0 N–H and O–H groups in total. The summed E-state index contributed by atoms with van der Waals surface area (Å²) < 4.78 is 13.1. The highest BCUT2D eigenvalue weighted by Gasteiger charge is 2.19. The molecule has 0 aromatic heterocycles. The zero-order chi connectivity index (χ0) is 8.55. The Kier molecular flexibility index (Phi) is 1.89. The van der Waals surface area contributed by atoms with Gasteiger partial charge in [0.2, 0.25) is 0 Å². The standard InChI is InChI=1S/C9H7FOS/c10-8-3-1-2-6-7(8)4-12-5-9(6)11/h1-3H,4-5H2. The van der Waals surface area contributed by atoms with Crippen molar-refractivity contribution in [2.45, 2.75) is 5.75 Å². The van der Waals surface area contributed by atoms with Gasteiger partial charge in [0.25, 0.3) is 0 Å². The largest absolute Gasteiger partial charge is 0.293 e. The summed E-state index contributed by atoms with van der Waals surface area (Å²) in [6.45, 7) is 0. The third-order valence-electron chi connectivity index (χ3n) is 1.90. The Morgan fingerprint density at radius 2 is 2.17 bits per heavy atom. The molecule has 0 atom stereocenters. The second kappa shape index (κ2) is 2.90. The number of ketones is 1. The van der Waals surface area contributed by atoms with E-state index in [0.29, 0.717) is 22.6 Å². The first-order valence-corrected chi connectivity index (χ1v) is 4.83. The van der Waals surface area contributed by atoms with Crippen molar-refractivity contribution in [2.75, 3.05) is 5.75 Å². The number of hydrogen-bond donors (Lipinski definition) is 0. The van der Waals surface area contributed by atoms with Crippen LogP contribution in [0.25, 0.3) is 0 Å². The first-order valence-electron chi connectivity index (χ1n) is 3.67. The Balaban J connectivity index is 2.59. The van der Waals surface area contributed by atoms with E-state index in [1.54, 1.807) is 12.1 Å². The Morgan fingerprint density at radius 1 is 1.33 bits per heavy atom. The molecule has 2 rings (SSSR count). The van der Waals surface area contributed by atoms with Crippen molar-refractivity contribution in [3.05, 3.63) is 35.1 Å². The maximum absolute atomic E-state index is 13.1. The highest BCUT2D eigenvalue weighted by Crippen LogP contribution is 2.26. The van der Waals surface area contributed by atoms with Gasteiger partial charge in [0, 0.05) is 16.9 Å². The van der Waals surface area contributed by atoms with Crippen molar-refractivity contribution in [3.63, 3.8) is 0 Å². The van der Waals surface area contributed by atoms with E-state index >= 15 is 0 Å². The number of Topliss-reactive ketones (excluding diaryl/α,β-unsaturated/α-hetero) is 1. The van der Waals surface area contributed by atoms with Gasteiger partial charge < -0.3 is 0 Å². The first kappa shape index (κ1) is 7.80. The lowest BCUT2D eigenvalue weighted by molar-refractivity contribution is 0.102. The van der Waals surface area contributed by atoms with Gasteiger partial charge in [-0.3, -0.25) is 4.79 Å². The van der Waals surface area contributed by atoms with Crippen molar-refractivity contribution in [3.8, 4) is 0 Å². The molecule has 1 aromatic carbocycles. The van der Waals surface area contributed by atoms with Crippen LogP contribution in [0.15, 0.2) is 18.2 Å². The molecule has 0 saturated carbocycles. The van der Waals surface area contributed by atoms with Crippen LogP contribution in [0.1, 0.15) is 15.9 Å². The fourth-order valence-corrected chi connectivity index (χ4v) is 2.23. The Morgan fingerprint density at radius 3 is 2.92 bits per heavy atom. The van der Waals surface area contributed by atoms with E-state index < -0.39 is 0 Å². The lowest BCUT2D eigenvalue weighted by atomic mass is 10.0. The van der Waals surface area contributed by atoms with Gasteiger partial charge in [0.15, 0.2) is 5.78 Å². The second-order valence-corrected chi connectivity index (χ2v) is 3.67. The minimum absolute atomic E-state index is 0.0424. The summed E-state index contributed by atoms with van der Waals surface area (Å²) in [5.41, 5.74) is 1.13. The summed E-state index contributed by atoms with van der Waals surface area (Å²) in [6.07, 6.45) is 0. The van der Waals surface area contributed by atoms with Crippen molar-refractivity contribution >= 4 is 17.5 Å². The molecule has 62 valence electrons. The zero-order valence-electron chi connectivity index (χ0n) is 6.34. The molecule has 12 heavy (non-hydrogen) atoms. The molecule has 0 unspecified atom stereocenters. The SMILES string of the molecule is O=C1CSCc2c(F)cccc21. The van der Waals surface area contributed by atoms with Gasteiger partial charge in [-0.1, -0.05) is 12.1 Å². The van der Waals surface area contributed by atoms with Crippen LogP contribution in [0, 0.1) is 5.82 Å². The predicted octanol–water partition coefficient (Wildman–Crippen LogP) is 2.26. The number of halogens is 1. The maximum atomic E-state index is 13.1. The molecule has 1 aromatic rings. The van der Waals surface area contributed by atoms with Crippen molar-refractivity contribution in [1.82, 2.24) is 0 Å². The van der Waals surface area contributed by atoms with Gasteiger partial charge in [-0.05, 0) is 6.07 Å². The summed E-state index contributed by atoms with van der Waals surface area (Å²) >= 11 is 1.47. The average molecular weight is 182 g/mol. The van der Waals surface area contributed by atoms with Gasteiger partial charge in [-0.2, -0.15) is 0 Å². The number of rotatable bonds is 0. The van der Waals surface area contributed by atoms with Crippen molar-refractivity contribution in [1.29, 1.82) is 0 Å². The van der Waals surface area contributed by atoms with E-state index in [-0.39, 0.29) is 11.6 Å². The summed E-state index contributed by atoms with van der Waals surface area (Å²) in [7, 11) is 0. The molecule has 0 saturated heterocycles. The van der Waals surface area contributed by atoms with Gasteiger partial charge in [0.1, 0.15) is 5.82 Å². The van der Waals surface area contributed by atoms with E-state index in [1.165, 1.54) is 17.8 Å². The Bertz CT molecular complexity index is 335. The summed E-state index contributed by atoms with van der Waals surface area (Å²) in [6, 6.07) is 4.68. The van der Waals surface area contributed by atoms with Gasteiger partial charge >= 0.3 is 0 Å². The first-order chi connectivity index (χ1) is 5.79. The molecule has 0 bridgehead atoms. The Labute approximate surface area is 74.0 Å². The van der Waals surface area contributed by atoms with E-state index in [0.717, 1.165) is 0 Å². The van der Waals surface area contributed by atoms with Crippen LogP contribution in [-0.2, 0) is 5.75 Å². The number of carbonyl (C=O) groups excluding carboxylic acids is 1. The molecule has 0 amide bonds. The molecule has 0 spiro atoms. The number of carbonyl (C=O) groups is 1. The van der Waals surface area contributed by atoms with Crippen LogP contribution in [-0.4, -0.2) is 11.5 Å². The molecule has 1 aliphatic heterocycles. The number of thioether (sulfide) groups is 1. The van der Waals surface area contributed by atoms with Crippen LogP contribution >= 0.6 is 11.8 Å². The predicted molar refractivity (Wildman–Crippen MR) is 46.9 cm³/mol. The van der Waals surface area contributed by atoms with E-state index in [9.17, 15) is 9.18 Å². The monoisotopic (exact) mass is 182 g/mol. The number of hydrogen-bond acceptors (Lipinski definition) is 2. The lowest BCUT2D eigenvalue weighted by Gasteiger charge is -2.13. The lowest BCUT2D eigenvalue weighted by Crippen LogP contribution is -2.12. The molecule has 0 fully saturated rings. The normalized spacial score (nSPS) is 15.9. The highest BCUT2D eigenvalue weighted by molar-refractivity contribution is 7.99. The minimum atomic E-state index is -0.256.